The van der Waals surface area contributed by atoms with Gasteiger partial charge in [0.15, 0.2) is 0 Å². The standard InChI is InChI=1S/C12H13ClN2OS/c1-6-4-8(16-3)10(7(2)11(6)13)12-15-9(14)5-17-12/h4-5H,14H2,1-3H3. The van der Waals surface area contributed by atoms with Crippen LogP contribution in [0.25, 0.3) is 10.6 Å². The Balaban J connectivity index is 2.71. The second kappa shape index (κ2) is 4.55. The van der Waals surface area contributed by atoms with Gasteiger partial charge in [0.2, 0.25) is 0 Å². The molecular weight excluding hydrogens is 256 g/mol. The van der Waals surface area contributed by atoms with Gasteiger partial charge in [-0.25, -0.2) is 4.98 Å². The molecule has 2 rings (SSSR count). The smallest absolute Gasteiger partial charge is 0.135 e. The highest BCUT2D eigenvalue weighted by Gasteiger charge is 2.16. The molecule has 1 aromatic carbocycles. The molecule has 0 amide bonds. The van der Waals surface area contributed by atoms with Crippen molar-refractivity contribution >= 4 is 28.8 Å². The van der Waals surface area contributed by atoms with E-state index in [1.165, 1.54) is 11.3 Å². The minimum absolute atomic E-state index is 0.517. The van der Waals surface area contributed by atoms with Crippen molar-refractivity contribution in [2.45, 2.75) is 13.8 Å². The maximum absolute atomic E-state index is 6.26. The fraction of sp³-hybridized carbons (Fsp3) is 0.250. The molecule has 0 saturated carbocycles. The molecule has 0 radical (unpaired) electrons. The monoisotopic (exact) mass is 268 g/mol. The van der Waals surface area contributed by atoms with Gasteiger partial charge < -0.3 is 10.5 Å². The Morgan fingerprint density at radius 3 is 2.65 bits per heavy atom. The summed E-state index contributed by atoms with van der Waals surface area (Å²) in [6.45, 7) is 3.92. The number of anilines is 1. The Labute approximate surface area is 109 Å². The molecule has 1 aromatic heterocycles. The number of benzene rings is 1. The predicted molar refractivity (Wildman–Crippen MR) is 73.0 cm³/mol. The van der Waals surface area contributed by atoms with E-state index < -0.39 is 0 Å². The third-order valence-electron chi connectivity index (χ3n) is 2.60. The molecule has 0 aliphatic heterocycles. The Morgan fingerprint density at radius 2 is 2.12 bits per heavy atom. The Hall–Kier alpha value is -1.26. The van der Waals surface area contributed by atoms with E-state index in [4.69, 9.17) is 22.1 Å². The second-order valence-electron chi connectivity index (χ2n) is 3.79. The summed E-state index contributed by atoms with van der Waals surface area (Å²) >= 11 is 7.74. The Bertz CT molecular complexity index is 566. The summed E-state index contributed by atoms with van der Waals surface area (Å²) in [5.41, 5.74) is 8.54. The van der Waals surface area contributed by atoms with Crippen molar-refractivity contribution < 1.29 is 4.74 Å². The highest BCUT2D eigenvalue weighted by Crippen LogP contribution is 2.40. The molecule has 90 valence electrons. The molecule has 0 aliphatic carbocycles. The molecule has 0 atom stereocenters. The van der Waals surface area contributed by atoms with E-state index in [9.17, 15) is 0 Å². The van der Waals surface area contributed by atoms with Crippen LogP contribution in [0, 0.1) is 13.8 Å². The lowest BCUT2D eigenvalue weighted by Gasteiger charge is -2.13. The summed E-state index contributed by atoms with van der Waals surface area (Å²) in [6.07, 6.45) is 0. The number of ether oxygens (including phenoxy) is 1. The van der Waals surface area contributed by atoms with Crippen LogP contribution in [0.3, 0.4) is 0 Å². The van der Waals surface area contributed by atoms with Gasteiger partial charge in [0.1, 0.15) is 16.6 Å². The normalized spacial score (nSPS) is 10.6. The fourth-order valence-electron chi connectivity index (χ4n) is 1.75. The van der Waals surface area contributed by atoms with E-state index in [2.05, 4.69) is 4.98 Å². The zero-order chi connectivity index (χ0) is 12.6. The summed E-state index contributed by atoms with van der Waals surface area (Å²) in [4.78, 5) is 4.28. The van der Waals surface area contributed by atoms with Crippen LogP contribution in [0.2, 0.25) is 5.02 Å². The molecule has 0 unspecified atom stereocenters. The van der Waals surface area contributed by atoms with Crippen LogP contribution < -0.4 is 10.5 Å². The molecule has 0 spiro atoms. The number of aromatic nitrogens is 1. The number of thiazole rings is 1. The summed E-state index contributed by atoms with van der Waals surface area (Å²) in [7, 11) is 1.64. The van der Waals surface area contributed by atoms with Gasteiger partial charge in [-0.2, -0.15) is 0 Å². The number of rotatable bonds is 2. The Morgan fingerprint density at radius 1 is 1.41 bits per heavy atom. The van der Waals surface area contributed by atoms with Gasteiger partial charge in [-0.3, -0.25) is 0 Å². The molecule has 0 aliphatic rings. The number of nitrogens with two attached hydrogens (primary N) is 1. The van der Waals surface area contributed by atoms with Gasteiger partial charge in [-0.1, -0.05) is 11.6 Å². The molecule has 2 N–H and O–H groups in total. The zero-order valence-corrected chi connectivity index (χ0v) is 11.4. The number of hydrogen-bond acceptors (Lipinski definition) is 4. The number of nitrogens with zero attached hydrogens (tertiary/aromatic N) is 1. The largest absolute Gasteiger partial charge is 0.496 e. The van der Waals surface area contributed by atoms with Crippen LogP contribution in [0.5, 0.6) is 5.75 Å². The van der Waals surface area contributed by atoms with Crippen molar-refractivity contribution in [1.82, 2.24) is 4.98 Å². The second-order valence-corrected chi connectivity index (χ2v) is 5.02. The first kappa shape index (κ1) is 12.2. The molecule has 0 saturated heterocycles. The van der Waals surface area contributed by atoms with Crippen LogP contribution in [0.15, 0.2) is 11.4 Å². The van der Waals surface area contributed by atoms with Gasteiger partial charge in [0.05, 0.1) is 12.7 Å². The van der Waals surface area contributed by atoms with Crippen molar-refractivity contribution in [3.8, 4) is 16.3 Å². The third-order valence-corrected chi connectivity index (χ3v) is 4.06. The predicted octanol–water partition coefficient (Wildman–Crippen LogP) is 3.67. The lowest BCUT2D eigenvalue weighted by Crippen LogP contribution is -1.94. The minimum atomic E-state index is 0.517. The van der Waals surface area contributed by atoms with E-state index in [-0.39, 0.29) is 0 Å². The SMILES string of the molecule is COc1cc(C)c(Cl)c(C)c1-c1nc(N)cs1. The quantitative estimate of drug-likeness (QED) is 0.904. The fourth-order valence-corrected chi connectivity index (χ4v) is 2.71. The minimum Gasteiger partial charge on any atom is -0.496 e. The number of methoxy groups -OCH3 is 1. The van der Waals surface area contributed by atoms with E-state index in [0.29, 0.717) is 5.82 Å². The summed E-state index contributed by atoms with van der Waals surface area (Å²) in [6, 6.07) is 1.92. The number of nitrogen functional groups attached to an aromatic ring is 1. The molecule has 0 bridgehead atoms. The summed E-state index contributed by atoms with van der Waals surface area (Å²) < 4.78 is 5.39. The lowest BCUT2D eigenvalue weighted by atomic mass is 10.0. The highest BCUT2D eigenvalue weighted by molar-refractivity contribution is 7.13. The maximum atomic E-state index is 6.26. The molecule has 2 aromatic rings. The van der Waals surface area contributed by atoms with Crippen LogP contribution >= 0.6 is 22.9 Å². The highest BCUT2D eigenvalue weighted by atomic mass is 35.5. The molecule has 0 fully saturated rings. The van der Waals surface area contributed by atoms with Gasteiger partial charge in [0.25, 0.3) is 0 Å². The molecule has 17 heavy (non-hydrogen) atoms. The van der Waals surface area contributed by atoms with Crippen LogP contribution in [0.4, 0.5) is 5.82 Å². The summed E-state index contributed by atoms with van der Waals surface area (Å²) in [5.74, 6) is 1.29. The van der Waals surface area contributed by atoms with Crippen molar-refractivity contribution in [3.05, 3.63) is 27.6 Å². The van der Waals surface area contributed by atoms with Crippen LogP contribution in [-0.2, 0) is 0 Å². The van der Waals surface area contributed by atoms with Crippen molar-refractivity contribution in [1.29, 1.82) is 0 Å². The molecular formula is C12H13ClN2OS. The van der Waals surface area contributed by atoms with E-state index in [1.54, 1.807) is 7.11 Å². The average molecular weight is 269 g/mol. The lowest BCUT2D eigenvalue weighted by molar-refractivity contribution is 0.416. The summed E-state index contributed by atoms with van der Waals surface area (Å²) in [5, 5.41) is 3.38. The Kier molecular flexibility index (Phi) is 3.26. The number of aryl methyl sites for hydroxylation is 1. The van der Waals surface area contributed by atoms with Gasteiger partial charge >= 0.3 is 0 Å². The van der Waals surface area contributed by atoms with Crippen LogP contribution in [0.1, 0.15) is 11.1 Å². The van der Waals surface area contributed by atoms with E-state index in [0.717, 1.165) is 32.5 Å². The first-order valence-corrected chi connectivity index (χ1v) is 6.35. The van der Waals surface area contributed by atoms with Crippen molar-refractivity contribution in [2.24, 2.45) is 0 Å². The average Bonchev–Trinajstić information content (AvgIpc) is 2.71. The third kappa shape index (κ3) is 2.10. The first-order chi connectivity index (χ1) is 8.04. The van der Waals surface area contributed by atoms with Crippen molar-refractivity contribution in [3.63, 3.8) is 0 Å². The molecule has 3 nitrogen and oxygen atoms in total. The zero-order valence-electron chi connectivity index (χ0n) is 9.87. The number of halogens is 1. The van der Waals surface area contributed by atoms with Gasteiger partial charge in [0, 0.05) is 10.4 Å². The van der Waals surface area contributed by atoms with E-state index >= 15 is 0 Å². The van der Waals surface area contributed by atoms with E-state index in [1.807, 2.05) is 25.3 Å². The topological polar surface area (TPSA) is 48.1 Å². The number of hydrogen-bond donors (Lipinski definition) is 1. The maximum Gasteiger partial charge on any atom is 0.135 e. The first-order valence-electron chi connectivity index (χ1n) is 5.09. The molecule has 1 heterocycles. The van der Waals surface area contributed by atoms with Gasteiger partial charge in [-0.05, 0) is 31.0 Å². The van der Waals surface area contributed by atoms with Crippen molar-refractivity contribution in [2.75, 3.05) is 12.8 Å². The molecule has 5 heteroatoms. The van der Waals surface area contributed by atoms with Gasteiger partial charge in [-0.15, -0.1) is 11.3 Å². The van der Waals surface area contributed by atoms with Crippen LogP contribution in [-0.4, -0.2) is 12.1 Å².